The number of aromatic nitrogens is 2. The third kappa shape index (κ3) is 12.9. The Labute approximate surface area is 339 Å². The van der Waals surface area contributed by atoms with E-state index in [9.17, 15) is 24.3 Å². The molecular formula is C39H42N5O12P3. The van der Waals surface area contributed by atoms with E-state index in [1.54, 1.807) is 121 Å². The van der Waals surface area contributed by atoms with Crippen molar-refractivity contribution in [2.24, 2.45) is 5.11 Å². The van der Waals surface area contributed by atoms with Crippen molar-refractivity contribution >= 4 is 23.0 Å². The quantitative estimate of drug-likeness (QED) is 0.0316. The first-order valence-corrected chi connectivity index (χ1v) is 23.2. The van der Waals surface area contributed by atoms with E-state index < -0.39 is 65.1 Å². The Morgan fingerprint density at radius 1 is 0.712 bits per heavy atom. The smallest absolute Gasteiger partial charge is 0.352 e. The average molecular weight is 866 g/mol. The lowest BCUT2D eigenvalue weighted by molar-refractivity contribution is -0.0250. The van der Waals surface area contributed by atoms with Crippen LogP contribution >= 0.6 is 23.0 Å². The standard InChI is InChI=1S/C39H42N5O12P3/c1-30-23-44(39(46)41-38(30)45)37-22-35(42-43-40)36(55-37)28-52-57(47,50-24-31-14-6-2-7-15-31)29-58(48,51-25-32-16-8-3-9-17-32)56-59(49,53-26-33-18-10-4-11-19-33)54-27-34-20-12-5-13-21-34/h2-21,23,35-37H,22,24-29H2,1H3,(H,41,45,46)/t35-,36+,37+,57?,58?/m0/s1. The second-order valence-electron chi connectivity index (χ2n) is 13.3. The molecule has 6 rings (SSSR count). The molecule has 2 heterocycles. The van der Waals surface area contributed by atoms with Crippen LogP contribution in [-0.4, -0.2) is 34.2 Å². The number of aryl methyl sites for hydroxylation is 1. The summed E-state index contributed by atoms with van der Waals surface area (Å²) in [4.78, 5) is 29.8. The number of hydrogen-bond donors (Lipinski definition) is 1. The van der Waals surface area contributed by atoms with Gasteiger partial charge in [0.1, 0.15) is 6.23 Å². The minimum Gasteiger partial charge on any atom is -0.352 e. The third-order valence-electron chi connectivity index (χ3n) is 8.87. The van der Waals surface area contributed by atoms with Gasteiger partial charge in [0.05, 0.1) is 45.2 Å². The number of nitrogens with one attached hydrogen (secondary N) is 1. The fourth-order valence-corrected chi connectivity index (χ4v) is 12.8. The summed E-state index contributed by atoms with van der Waals surface area (Å²) in [5, 5.41) is 3.81. The van der Waals surface area contributed by atoms with Gasteiger partial charge < -0.3 is 18.3 Å². The fraction of sp³-hybridized carbons (Fsp3) is 0.282. The van der Waals surface area contributed by atoms with E-state index in [2.05, 4.69) is 15.0 Å². The first-order chi connectivity index (χ1) is 28.4. The number of phosphoric ester groups is 1. The molecule has 2 unspecified atom stereocenters. The predicted octanol–water partition coefficient (Wildman–Crippen LogP) is 9.16. The Hall–Kier alpha value is -4.72. The molecule has 20 heteroatoms. The molecule has 5 atom stereocenters. The van der Waals surface area contributed by atoms with Crippen molar-refractivity contribution in [1.82, 2.24) is 9.55 Å². The lowest BCUT2D eigenvalue weighted by atomic mass is 10.1. The number of phosphoric acid groups is 1. The molecule has 17 nitrogen and oxygen atoms in total. The molecule has 1 aliphatic heterocycles. The van der Waals surface area contributed by atoms with Gasteiger partial charge in [-0.25, -0.2) is 13.7 Å². The summed E-state index contributed by atoms with van der Waals surface area (Å²) in [7, 11) is -14.4. The van der Waals surface area contributed by atoms with Crippen LogP contribution in [0.1, 0.15) is 40.5 Å². The fourth-order valence-electron chi connectivity index (χ4n) is 5.82. The summed E-state index contributed by atoms with van der Waals surface area (Å²) in [6, 6.07) is 33.9. The molecule has 0 aliphatic carbocycles. The van der Waals surface area contributed by atoms with Gasteiger partial charge in [0, 0.05) is 23.1 Å². The summed E-state index contributed by atoms with van der Waals surface area (Å²) >= 11 is 0. The molecule has 1 aromatic heterocycles. The molecule has 0 bridgehead atoms. The van der Waals surface area contributed by atoms with Crippen LogP contribution in [0, 0.1) is 6.92 Å². The van der Waals surface area contributed by atoms with Gasteiger partial charge in [0.15, 0.2) is 5.90 Å². The minimum absolute atomic E-state index is 0.0128. The number of benzene rings is 4. The van der Waals surface area contributed by atoms with Crippen molar-refractivity contribution < 1.29 is 45.4 Å². The highest BCUT2D eigenvalue weighted by Gasteiger charge is 2.47. The van der Waals surface area contributed by atoms with Crippen molar-refractivity contribution in [1.29, 1.82) is 0 Å². The second kappa shape index (κ2) is 20.5. The van der Waals surface area contributed by atoms with E-state index in [0.29, 0.717) is 22.3 Å². The maximum Gasteiger partial charge on any atom is 0.482 e. The highest BCUT2D eigenvalue weighted by Crippen LogP contribution is 2.72. The van der Waals surface area contributed by atoms with Gasteiger partial charge in [-0.1, -0.05) is 126 Å². The monoisotopic (exact) mass is 865 g/mol. The topological polar surface area (TPSA) is 219 Å². The van der Waals surface area contributed by atoms with E-state index >= 15 is 4.57 Å². The Balaban J connectivity index is 1.31. The molecule has 0 saturated carbocycles. The zero-order valence-electron chi connectivity index (χ0n) is 31.8. The molecule has 0 amide bonds. The number of azide groups is 1. The zero-order chi connectivity index (χ0) is 41.7. The summed E-state index contributed by atoms with van der Waals surface area (Å²) in [6.07, 6.45) is -0.819. The molecule has 5 aromatic rings. The molecule has 310 valence electrons. The molecule has 1 saturated heterocycles. The number of ether oxygens (including phenoxy) is 1. The van der Waals surface area contributed by atoms with Crippen molar-refractivity contribution in [2.75, 3.05) is 12.5 Å². The molecular weight excluding hydrogens is 823 g/mol. The van der Waals surface area contributed by atoms with Gasteiger partial charge >= 0.3 is 28.7 Å². The van der Waals surface area contributed by atoms with Crippen LogP contribution in [-0.2, 0) is 71.8 Å². The van der Waals surface area contributed by atoms with Crippen molar-refractivity contribution in [2.45, 2.75) is 58.1 Å². The number of H-pyrrole nitrogens is 1. The van der Waals surface area contributed by atoms with Crippen LogP contribution in [0.2, 0.25) is 0 Å². The van der Waals surface area contributed by atoms with Gasteiger partial charge in [-0.15, -0.1) is 0 Å². The van der Waals surface area contributed by atoms with Crippen LogP contribution < -0.4 is 11.2 Å². The Morgan fingerprint density at radius 2 is 1.17 bits per heavy atom. The average Bonchev–Trinajstić information content (AvgIpc) is 3.65. The van der Waals surface area contributed by atoms with Gasteiger partial charge in [-0.2, -0.15) is 0 Å². The molecule has 1 N–H and O–H groups in total. The van der Waals surface area contributed by atoms with Crippen molar-refractivity contribution in [3.05, 3.63) is 187 Å². The van der Waals surface area contributed by atoms with E-state index in [1.165, 1.54) is 13.1 Å². The van der Waals surface area contributed by atoms with Crippen LogP contribution in [0.3, 0.4) is 0 Å². The summed E-state index contributed by atoms with van der Waals surface area (Å²) in [5.74, 6) is -1.08. The van der Waals surface area contributed by atoms with Crippen LogP contribution in [0.5, 0.6) is 0 Å². The summed E-state index contributed by atoms with van der Waals surface area (Å²) in [6.45, 7) is -0.230. The summed E-state index contributed by atoms with van der Waals surface area (Å²) < 4.78 is 87.0. The van der Waals surface area contributed by atoms with E-state index in [4.69, 9.17) is 31.7 Å². The number of nitrogens with zero attached hydrogens (tertiary/aromatic N) is 4. The van der Waals surface area contributed by atoms with Crippen LogP contribution in [0.25, 0.3) is 10.4 Å². The first kappa shape index (κ1) is 43.8. The maximum atomic E-state index is 15.1. The molecule has 1 aliphatic rings. The lowest BCUT2D eigenvalue weighted by Gasteiger charge is -2.27. The van der Waals surface area contributed by atoms with Crippen LogP contribution in [0.4, 0.5) is 0 Å². The van der Waals surface area contributed by atoms with Gasteiger partial charge in [0.2, 0.25) is 0 Å². The third-order valence-corrected chi connectivity index (χ3v) is 15.9. The minimum atomic E-state index is -4.89. The van der Waals surface area contributed by atoms with E-state index in [0.717, 1.165) is 4.57 Å². The molecule has 1 fully saturated rings. The van der Waals surface area contributed by atoms with Crippen molar-refractivity contribution in [3.63, 3.8) is 0 Å². The SMILES string of the molecule is Cc1cn([C@H]2C[C@H](N=[N+]=[N-])[C@@H](COP(=O)(CP(=O)(OCc3ccccc3)OP(=O)(OCc3ccccc3)OCc3ccccc3)OCc3ccccc3)O2)c(=O)[nH]c1=O. The summed E-state index contributed by atoms with van der Waals surface area (Å²) in [5.41, 5.74) is 10.6. The highest BCUT2D eigenvalue weighted by atomic mass is 31.3. The Kier molecular flexibility index (Phi) is 15.2. The molecule has 4 aromatic carbocycles. The van der Waals surface area contributed by atoms with Gasteiger partial charge in [-0.05, 0) is 34.7 Å². The maximum absolute atomic E-state index is 15.1. The van der Waals surface area contributed by atoms with Gasteiger partial charge in [0.25, 0.3) is 5.56 Å². The highest BCUT2D eigenvalue weighted by molar-refractivity contribution is 7.75. The normalized spacial score (nSPS) is 18.7. The Morgan fingerprint density at radius 3 is 1.64 bits per heavy atom. The predicted molar refractivity (Wildman–Crippen MR) is 217 cm³/mol. The molecule has 0 radical (unpaired) electrons. The second-order valence-corrected chi connectivity index (χ2v) is 19.8. The largest absolute Gasteiger partial charge is 0.482 e. The number of hydrogen-bond acceptors (Lipinski definition) is 13. The lowest BCUT2D eigenvalue weighted by Crippen LogP contribution is -2.33. The van der Waals surface area contributed by atoms with E-state index in [1.807, 2.05) is 0 Å². The Bertz CT molecular complexity index is 2410. The van der Waals surface area contributed by atoms with Crippen LogP contribution in [0.15, 0.2) is 142 Å². The van der Waals surface area contributed by atoms with E-state index in [-0.39, 0.29) is 38.4 Å². The van der Waals surface area contributed by atoms with Crippen molar-refractivity contribution in [3.8, 4) is 0 Å². The number of rotatable bonds is 21. The molecule has 59 heavy (non-hydrogen) atoms. The first-order valence-electron chi connectivity index (χ1n) is 18.3. The van der Waals surface area contributed by atoms with Gasteiger partial charge in [-0.3, -0.25) is 32.5 Å². The zero-order valence-corrected chi connectivity index (χ0v) is 34.5. The number of aromatic amines is 1. The molecule has 0 spiro atoms.